The molecule has 0 aliphatic rings. The summed E-state index contributed by atoms with van der Waals surface area (Å²) in [7, 11) is 1.61. The van der Waals surface area contributed by atoms with Crippen LogP contribution in [0, 0.1) is 6.92 Å². The van der Waals surface area contributed by atoms with Crippen molar-refractivity contribution in [1.82, 2.24) is 9.38 Å². The Morgan fingerprint density at radius 2 is 2.13 bits per heavy atom. The molecule has 0 radical (unpaired) electrons. The standard InChI is InChI=1S/C18H16N2O3/c1-12-6-8-16-19-18(13-4-3-5-14(10-13)23-2)15(20(16)11-12)7-9-17(21)22/h3-11H,1-2H3,(H,21,22)/b9-7+. The lowest BCUT2D eigenvalue weighted by Gasteiger charge is -2.04. The van der Waals surface area contributed by atoms with Crippen LogP contribution in [0.4, 0.5) is 0 Å². The molecule has 0 amide bonds. The molecule has 116 valence electrons. The summed E-state index contributed by atoms with van der Waals surface area (Å²) in [6.07, 6.45) is 4.62. The van der Waals surface area contributed by atoms with Crippen molar-refractivity contribution in [2.75, 3.05) is 7.11 Å². The lowest BCUT2D eigenvalue weighted by molar-refractivity contribution is -0.131. The van der Waals surface area contributed by atoms with Crippen LogP contribution in [0.15, 0.2) is 48.7 Å². The Hall–Kier alpha value is -3.08. The number of fused-ring (bicyclic) bond motifs is 1. The topological polar surface area (TPSA) is 63.8 Å². The van der Waals surface area contributed by atoms with Crippen molar-refractivity contribution in [3.05, 3.63) is 59.9 Å². The first kappa shape index (κ1) is 14.8. The van der Waals surface area contributed by atoms with Crippen LogP contribution < -0.4 is 4.74 Å². The Balaban J connectivity index is 2.26. The van der Waals surface area contributed by atoms with Crippen molar-refractivity contribution >= 4 is 17.7 Å². The predicted octanol–water partition coefficient (Wildman–Crippen LogP) is 3.42. The molecule has 5 heteroatoms. The fourth-order valence-corrected chi connectivity index (χ4v) is 2.46. The normalized spacial score (nSPS) is 11.2. The minimum Gasteiger partial charge on any atom is -0.497 e. The van der Waals surface area contributed by atoms with Gasteiger partial charge in [0.2, 0.25) is 0 Å². The highest BCUT2D eigenvalue weighted by Gasteiger charge is 2.13. The van der Waals surface area contributed by atoms with E-state index in [1.807, 2.05) is 53.9 Å². The molecule has 0 fully saturated rings. The molecular formula is C18H16N2O3. The average molecular weight is 308 g/mol. The maximum Gasteiger partial charge on any atom is 0.328 e. The number of hydrogen-bond acceptors (Lipinski definition) is 3. The van der Waals surface area contributed by atoms with Gasteiger partial charge in [0, 0.05) is 17.8 Å². The number of aromatic nitrogens is 2. The van der Waals surface area contributed by atoms with Gasteiger partial charge in [-0.2, -0.15) is 0 Å². The molecule has 3 rings (SSSR count). The molecular weight excluding hydrogens is 292 g/mol. The number of rotatable bonds is 4. The summed E-state index contributed by atoms with van der Waals surface area (Å²) in [4.78, 5) is 15.5. The first-order valence-electron chi connectivity index (χ1n) is 7.12. The minimum atomic E-state index is -0.996. The van der Waals surface area contributed by atoms with Crippen molar-refractivity contribution in [2.24, 2.45) is 0 Å². The highest BCUT2D eigenvalue weighted by Crippen LogP contribution is 2.28. The second-order valence-corrected chi connectivity index (χ2v) is 5.18. The fourth-order valence-electron chi connectivity index (χ4n) is 2.46. The molecule has 2 heterocycles. The summed E-state index contributed by atoms with van der Waals surface area (Å²) >= 11 is 0. The van der Waals surface area contributed by atoms with Gasteiger partial charge in [0.25, 0.3) is 0 Å². The van der Waals surface area contributed by atoms with Crippen LogP contribution in [0.25, 0.3) is 23.0 Å². The maximum atomic E-state index is 10.9. The molecule has 23 heavy (non-hydrogen) atoms. The Labute approximate surface area is 133 Å². The van der Waals surface area contributed by atoms with E-state index in [2.05, 4.69) is 4.98 Å². The van der Waals surface area contributed by atoms with Crippen LogP contribution in [-0.2, 0) is 4.79 Å². The largest absolute Gasteiger partial charge is 0.497 e. The monoisotopic (exact) mass is 308 g/mol. The number of imidazole rings is 1. The molecule has 0 atom stereocenters. The van der Waals surface area contributed by atoms with Crippen molar-refractivity contribution < 1.29 is 14.6 Å². The van der Waals surface area contributed by atoms with Crippen LogP contribution >= 0.6 is 0 Å². The number of benzene rings is 1. The number of carboxylic acids is 1. The molecule has 0 saturated heterocycles. The lowest BCUT2D eigenvalue weighted by atomic mass is 10.1. The summed E-state index contributed by atoms with van der Waals surface area (Å²) in [6, 6.07) is 11.4. The fraction of sp³-hybridized carbons (Fsp3) is 0.111. The number of pyridine rings is 1. The van der Waals surface area contributed by atoms with E-state index < -0.39 is 5.97 Å². The van der Waals surface area contributed by atoms with Crippen molar-refractivity contribution in [1.29, 1.82) is 0 Å². The minimum absolute atomic E-state index is 0.715. The van der Waals surface area contributed by atoms with Crippen LogP contribution in [0.3, 0.4) is 0 Å². The van der Waals surface area contributed by atoms with Gasteiger partial charge in [0.15, 0.2) is 0 Å². The summed E-state index contributed by atoms with van der Waals surface area (Å²) in [5.74, 6) is -0.270. The Bertz CT molecular complexity index is 910. The van der Waals surface area contributed by atoms with Crippen molar-refractivity contribution in [3.63, 3.8) is 0 Å². The number of methoxy groups -OCH3 is 1. The second-order valence-electron chi connectivity index (χ2n) is 5.18. The number of carbonyl (C=O) groups is 1. The smallest absolute Gasteiger partial charge is 0.328 e. The molecule has 1 aromatic carbocycles. The van der Waals surface area contributed by atoms with E-state index in [9.17, 15) is 4.79 Å². The lowest BCUT2D eigenvalue weighted by Crippen LogP contribution is -1.92. The first-order chi connectivity index (χ1) is 11.1. The van der Waals surface area contributed by atoms with Crippen LogP contribution in [0.1, 0.15) is 11.3 Å². The van der Waals surface area contributed by atoms with Gasteiger partial charge in [0.05, 0.1) is 18.5 Å². The SMILES string of the molecule is COc1cccc(-c2nc3ccc(C)cn3c2/C=C/C(=O)O)c1. The average Bonchev–Trinajstić information content (AvgIpc) is 2.90. The zero-order chi connectivity index (χ0) is 16.4. The molecule has 0 unspecified atom stereocenters. The molecule has 0 spiro atoms. The van der Waals surface area contributed by atoms with E-state index in [4.69, 9.17) is 9.84 Å². The first-order valence-corrected chi connectivity index (χ1v) is 7.12. The number of hydrogen-bond donors (Lipinski definition) is 1. The molecule has 2 aromatic heterocycles. The predicted molar refractivity (Wildman–Crippen MR) is 88.6 cm³/mol. The highest BCUT2D eigenvalue weighted by molar-refractivity contribution is 5.87. The molecule has 0 aliphatic carbocycles. The number of nitrogens with zero attached hydrogens (tertiary/aromatic N) is 2. The van der Waals surface area contributed by atoms with Gasteiger partial charge in [-0.25, -0.2) is 9.78 Å². The van der Waals surface area contributed by atoms with E-state index in [0.717, 1.165) is 34.3 Å². The van der Waals surface area contributed by atoms with Gasteiger partial charge in [-0.1, -0.05) is 18.2 Å². The Morgan fingerprint density at radius 1 is 1.30 bits per heavy atom. The highest BCUT2D eigenvalue weighted by atomic mass is 16.5. The second kappa shape index (κ2) is 5.96. The van der Waals surface area contributed by atoms with Crippen molar-refractivity contribution in [3.8, 4) is 17.0 Å². The van der Waals surface area contributed by atoms with Crippen LogP contribution in [0.5, 0.6) is 5.75 Å². The zero-order valence-corrected chi connectivity index (χ0v) is 12.9. The quantitative estimate of drug-likeness (QED) is 0.750. The zero-order valence-electron chi connectivity index (χ0n) is 12.9. The Kier molecular flexibility index (Phi) is 3.85. The molecule has 0 aliphatic heterocycles. The number of aryl methyl sites for hydroxylation is 1. The summed E-state index contributed by atoms with van der Waals surface area (Å²) < 4.78 is 7.15. The Morgan fingerprint density at radius 3 is 2.87 bits per heavy atom. The van der Waals surface area contributed by atoms with E-state index >= 15 is 0 Å². The third-order valence-corrected chi connectivity index (χ3v) is 3.53. The summed E-state index contributed by atoms with van der Waals surface area (Å²) in [6.45, 7) is 1.98. The van der Waals surface area contributed by atoms with Gasteiger partial charge in [-0.15, -0.1) is 0 Å². The van der Waals surface area contributed by atoms with E-state index in [0.29, 0.717) is 5.69 Å². The van der Waals surface area contributed by atoms with E-state index in [-0.39, 0.29) is 0 Å². The van der Waals surface area contributed by atoms with Gasteiger partial charge in [0.1, 0.15) is 11.4 Å². The molecule has 3 aromatic rings. The van der Waals surface area contributed by atoms with Crippen LogP contribution in [-0.4, -0.2) is 27.6 Å². The number of carboxylic acid groups (broad SMARTS) is 1. The van der Waals surface area contributed by atoms with E-state index in [1.54, 1.807) is 13.2 Å². The maximum absolute atomic E-state index is 10.9. The third kappa shape index (κ3) is 2.94. The summed E-state index contributed by atoms with van der Waals surface area (Å²) in [5.41, 5.74) is 4.14. The molecule has 1 N–H and O–H groups in total. The van der Waals surface area contributed by atoms with Crippen molar-refractivity contribution in [2.45, 2.75) is 6.92 Å². The van der Waals surface area contributed by atoms with Gasteiger partial charge in [-0.05, 0) is 36.8 Å². The van der Waals surface area contributed by atoms with Gasteiger partial charge >= 0.3 is 5.97 Å². The van der Waals surface area contributed by atoms with E-state index in [1.165, 1.54) is 0 Å². The third-order valence-electron chi connectivity index (χ3n) is 3.53. The van der Waals surface area contributed by atoms with Gasteiger partial charge in [-0.3, -0.25) is 4.40 Å². The molecule has 0 saturated carbocycles. The van der Waals surface area contributed by atoms with Gasteiger partial charge < -0.3 is 9.84 Å². The molecule has 0 bridgehead atoms. The van der Waals surface area contributed by atoms with Crippen LogP contribution in [0.2, 0.25) is 0 Å². The summed E-state index contributed by atoms with van der Waals surface area (Å²) in [5, 5.41) is 8.95. The number of ether oxygens (including phenoxy) is 1. The number of aliphatic carboxylic acids is 1. The molecule has 5 nitrogen and oxygen atoms in total.